The lowest BCUT2D eigenvalue weighted by Gasteiger charge is -2.04. The monoisotopic (exact) mass is 246 g/mol. The lowest BCUT2D eigenvalue weighted by molar-refractivity contribution is 1.80. The molecular weight excluding hydrogens is 235 g/mol. The van der Waals surface area contributed by atoms with Gasteiger partial charge in [-0.2, -0.15) is 0 Å². The molecule has 1 aromatic heterocycles. The molecule has 0 aliphatic rings. The highest BCUT2D eigenvalue weighted by molar-refractivity contribution is 7.43. The summed E-state index contributed by atoms with van der Waals surface area (Å²) in [4.78, 5) is 0. The average Bonchev–Trinajstić information content (AvgIpc) is 2.42. The van der Waals surface area contributed by atoms with Gasteiger partial charge >= 0.3 is 0 Å². The highest BCUT2D eigenvalue weighted by atomic mass is 31.0. The molecule has 0 N–H and O–H groups in total. The third kappa shape index (κ3) is 1.50. The van der Waals surface area contributed by atoms with Gasteiger partial charge in [0.2, 0.25) is 0 Å². The average molecular weight is 246 g/mol. The Morgan fingerprint density at radius 1 is 0.500 bits per heavy atom. The van der Waals surface area contributed by atoms with Gasteiger partial charge in [0, 0.05) is 10.2 Å². The predicted molar refractivity (Wildman–Crippen MR) is 81.5 cm³/mol. The summed E-state index contributed by atoms with van der Waals surface area (Å²) in [5.41, 5.74) is 0. The van der Waals surface area contributed by atoms with Gasteiger partial charge in [-0.1, -0.05) is 50.7 Å². The van der Waals surface area contributed by atoms with Crippen molar-refractivity contribution in [2.75, 3.05) is 0 Å². The molecule has 0 fully saturated rings. The van der Waals surface area contributed by atoms with Gasteiger partial charge in [0.05, 0.1) is 0 Å². The quantitative estimate of drug-likeness (QED) is 0.348. The third-order valence-electron chi connectivity index (χ3n) is 3.38. The summed E-state index contributed by atoms with van der Waals surface area (Å²) in [5, 5.41) is 8.17. The van der Waals surface area contributed by atoms with Crippen molar-refractivity contribution in [2.24, 2.45) is 0 Å². The standard InChI is InChI=1S/C17H11P/c1-2-6-13-11-17-15(9-12(13)5-1)10-14-7-3-4-8-16(14)18-17/h1-11H. The Hall–Kier alpha value is -1.91. The Labute approximate surface area is 107 Å². The second-order valence-corrected chi connectivity index (χ2v) is 5.76. The number of hydrogen-bond acceptors (Lipinski definition) is 0. The van der Waals surface area contributed by atoms with Crippen LogP contribution < -0.4 is 0 Å². The maximum Gasteiger partial charge on any atom is 0.0103 e. The second kappa shape index (κ2) is 3.80. The van der Waals surface area contributed by atoms with Gasteiger partial charge in [-0.25, -0.2) is 0 Å². The van der Waals surface area contributed by atoms with Crippen molar-refractivity contribution in [3.05, 3.63) is 66.7 Å². The fourth-order valence-electron chi connectivity index (χ4n) is 2.47. The van der Waals surface area contributed by atoms with Crippen LogP contribution in [0.1, 0.15) is 0 Å². The molecule has 0 spiro atoms. The van der Waals surface area contributed by atoms with Crippen LogP contribution in [0.4, 0.5) is 0 Å². The molecule has 0 radical (unpaired) electrons. The first kappa shape index (κ1) is 10.1. The maximum absolute atomic E-state index is 2.32. The van der Waals surface area contributed by atoms with Crippen molar-refractivity contribution in [1.82, 2.24) is 0 Å². The van der Waals surface area contributed by atoms with Crippen LogP contribution in [-0.2, 0) is 0 Å². The summed E-state index contributed by atoms with van der Waals surface area (Å²) < 4.78 is 0. The summed E-state index contributed by atoms with van der Waals surface area (Å²) in [6, 6.07) is 24.1. The van der Waals surface area contributed by atoms with Crippen molar-refractivity contribution < 1.29 is 0 Å². The molecular formula is C17H11P. The SMILES string of the molecule is c1ccc2cc3pc4ccccc4cc3cc2c1. The molecule has 4 aromatic rings. The molecule has 0 bridgehead atoms. The second-order valence-electron chi connectivity index (χ2n) is 4.57. The van der Waals surface area contributed by atoms with E-state index in [2.05, 4.69) is 66.7 Å². The summed E-state index contributed by atoms with van der Waals surface area (Å²) >= 11 is 0. The number of benzene rings is 3. The van der Waals surface area contributed by atoms with Crippen molar-refractivity contribution in [3.8, 4) is 0 Å². The number of hydrogen-bond donors (Lipinski definition) is 0. The van der Waals surface area contributed by atoms with Crippen LogP contribution in [0.3, 0.4) is 0 Å². The molecule has 3 aromatic carbocycles. The molecule has 0 unspecified atom stereocenters. The lowest BCUT2D eigenvalue weighted by atomic mass is 10.1. The van der Waals surface area contributed by atoms with Gasteiger partial charge in [-0.05, 0) is 45.8 Å². The van der Waals surface area contributed by atoms with Crippen LogP contribution in [0.15, 0.2) is 66.7 Å². The summed E-state index contributed by atoms with van der Waals surface area (Å²) in [6.45, 7) is 0. The van der Waals surface area contributed by atoms with Crippen LogP contribution in [-0.4, -0.2) is 0 Å². The van der Waals surface area contributed by atoms with Crippen LogP contribution in [0.25, 0.3) is 31.8 Å². The lowest BCUT2D eigenvalue weighted by Crippen LogP contribution is -1.75. The fraction of sp³-hybridized carbons (Fsp3) is 0. The van der Waals surface area contributed by atoms with Crippen LogP contribution >= 0.6 is 8.19 Å². The minimum atomic E-state index is 1.32. The normalized spacial score (nSPS) is 11.8. The third-order valence-corrected chi connectivity index (χ3v) is 4.66. The first-order valence-corrected chi connectivity index (χ1v) is 6.98. The Kier molecular flexibility index (Phi) is 2.12. The van der Waals surface area contributed by atoms with Crippen molar-refractivity contribution in [3.63, 3.8) is 0 Å². The summed E-state index contributed by atoms with van der Waals surface area (Å²) in [5.74, 6) is 0. The topological polar surface area (TPSA) is 0 Å². The molecule has 4 rings (SSSR count). The van der Waals surface area contributed by atoms with E-state index >= 15 is 0 Å². The van der Waals surface area contributed by atoms with Gasteiger partial charge in [0.15, 0.2) is 0 Å². The minimum absolute atomic E-state index is 1.32. The molecule has 0 saturated carbocycles. The van der Waals surface area contributed by atoms with E-state index in [-0.39, 0.29) is 0 Å². The van der Waals surface area contributed by atoms with Crippen LogP contribution in [0.2, 0.25) is 0 Å². The molecule has 0 atom stereocenters. The maximum atomic E-state index is 2.32. The summed E-state index contributed by atoms with van der Waals surface area (Å²) in [6.07, 6.45) is 0. The smallest absolute Gasteiger partial charge is 0.0103 e. The van der Waals surface area contributed by atoms with Gasteiger partial charge in [0.1, 0.15) is 0 Å². The zero-order valence-corrected chi connectivity index (χ0v) is 10.7. The van der Waals surface area contributed by atoms with E-state index in [1.54, 1.807) is 0 Å². The van der Waals surface area contributed by atoms with Gasteiger partial charge in [-0.3, -0.25) is 0 Å². The first-order chi connectivity index (χ1) is 8.90. The van der Waals surface area contributed by atoms with E-state index in [1.807, 2.05) is 0 Å². The highest BCUT2D eigenvalue weighted by Crippen LogP contribution is 2.34. The Morgan fingerprint density at radius 2 is 1.11 bits per heavy atom. The molecule has 0 aliphatic carbocycles. The minimum Gasteiger partial charge on any atom is -0.0616 e. The molecule has 0 saturated heterocycles. The van der Waals surface area contributed by atoms with Gasteiger partial charge < -0.3 is 0 Å². The van der Waals surface area contributed by atoms with E-state index in [0.29, 0.717) is 0 Å². The van der Waals surface area contributed by atoms with E-state index in [4.69, 9.17) is 0 Å². The molecule has 0 aliphatic heterocycles. The van der Waals surface area contributed by atoms with Crippen LogP contribution in [0.5, 0.6) is 0 Å². The molecule has 0 amide bonds. The van der Waals surface area contributed by atoms with E-state index < -0.39 is 0 Å². The number of rotatable bonds is 0. The van der Waals surface area contributed by atoms with Crippen molar-refractivity contribution in [2.45, 2.75) is 0 Å². The molecule has 84 valence electrons. The van der Waals surface area contributed by atoms with Gasteiger partial charge in [-0.15, -0.1) is 0 Å². The molecule has 0 nitrogen and oxygen atoms in total. The predicted octanol–water partition coefficient (Wildman–Crippen LogP) is 5.73. The molecule has 1 heterocycles. The van der Waals surface area contributed by atoms with E-state index in [1.165, 1.54) is 40.0 Å². The van der Waals surface area contributed by atoms with Gasteiger partial charge in [0.25, 0.3) is 0 Å². The first-order valence-electron chi connectivity index (χ1n) is 6.08. The molecule has 18 heavy (non-hydrogen) atoms. The fourth-order valence-corrected chi connectivity index (χ4v) is 3.62. The Morgan fingerprint density at radius 3 is 1.94 bits per heavy atom. The van der Waals surface area contributed by atoms with E-state index in [0.717, 1.165) is 0 Å². The molecule has 1 heteroatoms. The number of fused-ring (bicyclic) bond motifs is 3. The van der Waals surface area contributed by atoms with Crippen LogP contribution in [0, 0.1) is 0 Å². The van der Waals surface area contributed by atoms with Crippen molar-refractivity contribution in [1.29, 1.82) is 0 Å². The van der Waals surface area contributed by atoms with Crippen molar-refractivity contribution >= 4 is 40.0 Å². The highest BCUT2D eigenvalue weighted by Gasteiger charge is 2.00. The zero-order chi connectivity index (χ0) is 11.9. The Bertz CT molecular complexity index is 734. The van der Waals surface area contributed by atoms with E-state index in [9.17, 15) is 0 Å². The largest absolute Gasteiger partial charge is 0.0616 e. The summed E-state index contributed by atoms with van der Waals surface area (Å²) in [7, 11) is 1.32. The Balaban J connectivity index is 2.20. The zero-order valence-electron chi connectivity index (χ0n) is 9.80.